The summed E-state index contributed by atoms with van der Waals surface area (Å²) < 4.78 is 32.5. The Labute approximate surface area is 129 Å². The molecule has 2 N–H and O–H groups in total. The van der Waals surface area contributed by atoms with Gasteiger partial charge in [0, 0.05) is 19.6 Å². The highest BCUT2D eigenvalue weighted by atomic mass is 32.2. The Kier molecular flexibility index (Phi) is 5.17. The van der Waals surface area contributed by atoms with Gasteiger partial charge in [-0.2, -0.15) is 0 Å². The van der Waals surface area contributed by atoms with E-state index in [9.17, 15) is 13.2 Å². The van der Waals surface area contributed by atoms with Crippen molar-refractivity contribution < 1.29 is 23.1 Å². The summed E-state index contributed by atoms with van der Waals surface area (Å²) in [4.78, 5) is 12.9. The number of hydrogen-bond acceptors (Lipinski definition) is 5. The van der Waals surface area contributed by atoms with Crippen LogP contribution in [0.5, 0.6) is 0 Å². The van der Waals surface area contributed by atoms with Gasteiger partial charge in [-0.3, -0.25) is 0 Å². The molecular weight excluding hydrogens is 308 g/mol. The van der Waals surface area contributed by atoms with Crippen molar-refractivity contribution in [1.29, 1.82) is 0 Å². The normalized spacial score (nSPS) is 15.5. The first kappa shape index (κ1) is 16.5. The fraction of sp³-hybridized carbons (Fsp3) is 0.357. The molecule has 1 fully saturated rings. The van der Waals surface area contributed by atoms with Crippen LogP contribution in [-0.4, -0.2) is 52.3 Å². The quantitative estimate of drug-likeness (QED) is 0.747. The molecule has 1 heterocycles. The van der Waals surface area contributed by atoms with Crippen LogP contribution >= 0.6 is 0 Å². The van der Waals surface area contributed by atoms with Crippen LogP contribution in [-0.2, 0) is 14.8 Å². The number of benzene rings is 1. The molecule has 0 bridgehead atoms. The van der Waals surface area contributed by atoms with Crippen molar-refractivity contribution in [2.24, 2.45) is 0 Å². The molecule has 1 aromatic carbocycles. The molecule has 120 valence electrons. The summed E-state index contributed by atoms with van der Waals surface area (Å²) in [6, 6.07) is 4.11. The third kappa shape index (κ3) is 3.65. The van der Waals surface area contributed by atoms with Crippen molar-refractivity contribution >= 4 is 21.7 Å². The molecule has 0 amide bonds. The minimum atomic E-state index is -3.83. The number of carboxylic acids is 1. The summed E-state index contributed by atoms with van der Waals surface area (Å²) in [6.45, 7) is 5.64. The number of nitrogens with one attached hydrogen (secondary N) is 1. The fourth-order valence-electron chi connectivity index (χ4n) is 2.17. The smallest absolute Gasteiger partial charge is 0.335 e. The van der Waals surface area contributed by atoms with Crippen molar-refractivity contribution in [2.75, 3.05) is 37.7 Å². The number of carboxylic acid groups (broad SMARTS) is 1. The van der Waals surface area contributed by atoms with Crippen LogP contribution in [0.25, 0.3) is 0 Å². The maximum atomic E-state index is 12.4. The molecule has 0 aliphatic carbocycles. The highest BCUT2D eigenvalue weighted by molar-refractivity contribution is 7.89. The minimum Gasteiger partial charge on any atom is -0.478 e. The molecule has 1 aromatic rings. The van der Waals surface area contributed by atoms with Crippen LogP contribution in [0.4, 0.5) is 5.69 Å². The number of carbonyl (C=O) groups is 1. The van der Waals surface area contributed by atoms with Crippen molar-refractivity contribution in [3.63, 3.8) is 0 Å². The van der Waals surface area contributed by atoms with E-state index in [-0.39, 0.29) is 17.0 Å². The van der Waals surface area contributed by atoms with Gasteiger partial charge in [-0.15, -0.1) is 6.58 Å². The average molecular weight is 326 g/mol. The number of rotatable bonds is 6. The van der Waals surface area contributed by atoms with Gasteiger partial charge < -0.3 is 14.7 Å². The highest BCUT2D eigenvalue weighted by Crippen LogP contribution is 2.27. The van der Waals surface area contributed by atoms with E-state index in [4.69, 9.17) is 9.84 Å². The molecule has 0 aromatic heterocycles. The minimum absolute atomic E-state index is 0.0452. The monoisotopic (exact) mass is 326 g/mol. The number of morpholine rings is 1. The van der Waals surface area contributed by atoms with E-state index in [0.717, 1.165) is 0 Å². The SMILES string of the molecule is C=CCNS(=O)(=O)c1cc(C(=O)O)ccc1N1CCOCC1. The van der Waals surface area contributed by atoms with Crippen LogP contribution in [0.15, 0.2) is 35.7 Å². The third-order valence-electron chi connectivity index (χ3n) is 3.27. The van der Waals surface area contributed by atoms with Crippen LogP contribution in [0.2, 0.25) is 0 Å². The zero-order valence-corrected chi connectivity index (χ0v) is 12.8. The zero-order chi connectivity index (χ0) is 16.2. The van der Waals surface area contributed by atoms with Crippen LogP contribution in [0.1, 0.15) is 10.4 Å². The molecule has 1 saturated heterocycles. The topological polar surface area (TPSA) is 95.9 Å². The number of sulfonamides is 1. The van der Waals surface area contributed by atoms with Crippen LogP contribution in [0, 0.1) is 0 Å². The molecule has 0 radical (unpaired) electrons. The van der Waals surface area contributed by atoms with E-state index < -0.39 is 16.0 Å². The summed E-state index contributed by atoms with van der Waals surface area (Å²) in [5.41, 5.74) is 0.404. The summed E-state index contributed by atoms with van der Waals surface area (Å²) >= 11 is 0. The molecule has 0 spiro atoms. The van der Waals surface area contributed by atoms with E-state index in [1.807, 2.05) is 4.90 Å². The van der Waals surface area contributed by atoms with Crippen molar-refractivity contribution in [3.8, 4) is 0 Å². The number of aromatic carboxylic acids is 1. The maximum Gasteiger partial charge on any atom is 0.335 e. The molecule has 7 nitrogen and oxygen atoms in total. The first-order valence-electron chi connectivity index (χ1n) is 6.76. The number of anilines is 1. The largest absolute Gasteiger partial charge is 0.478 e. The highest BCUT2D eigenvalue weighted by Gasteiger charge is 2.24. The van der Waals surface area contributed by atoms with Gasteiger partial charge in [-0.05, 0) is 18.2 Å². The Hall–Kier alpha value is -1.90. The molecule has 1 aliphatic rings. The zero-order valence-electron chi connectivity index (χ0n) is 12.0. The number of nitrogens with zero attached hydrogens (tertiary/aromatic N) is 1. The maximum absolute atomic E-state index is 12.4. The Morgan fingerprint density at radius 1 is 1.41 bits per heavy atom. The lowest BCUT2D eigenvalue weighted by molar-refractivity contribution is 0.0696. The molecule has 0 saturated carbocycles. The van der Waals surface area contributed by atoms with E-state index >= 15 is 0 Å². The standard InChI is InChI=1S/C14H18N2O5S/c1-2-5-15-22(19,20)13-10-11(14(17)18)3-4-12(13)16-6-8-21-9-7-16/h2-4,10,15H,1,5-9H2,(H,17,18). The molecule has 2 rings (SSSR count). The van der Waals surface area contributed by atoms with Gasteiger partial charge in [0.15, 0.2) is 0 Å². The van der Waals surface area contributed by atoms with Crippen molar-refractivity contribution in [1.82, 2.24) is 4.72 Å². The Bertz CT molecular complexity index is 666. The second kappa shape index (κ2) is 6.91. The molecule has 1 aliphatic heterocycles. The summed E-state index contributed by atoms with van der Waals surface area (Å²) in [6.07, 6.45) is 1.42. The number of hydrogen-bond donors (Lipinski definition) is 2. The molecule has 0 atom stereocenters. The van der Waals surface area contributed by atoms with E-state index in [2.05, 4.69) is 11.3 Å². The fourth-order valence-corrected chi connectivity index (χ4v) is 3.42. The van der Waals surface area contributed by atoms with Gasteiger partial charge in [-0.25, -0.2) is 17.9 Å². The lowest BCUT2D eigenvalue weighted by Gasteiger charge is -2.30. The van der Waals surface area contributed by atoms with Gasteiger partial charge in [-0.1, -0.05) is 6.08 Å². The average Bonchev–Trinajstić information content (AvgIpc) is 2.53. The van der Waals surface area contributed by atoms with E-state index in [1.54, 1.807) is 0 Å². The van der Waals surface area contributed by atoms with Crippen LogP contribution in [0.3, 0.4) is 0 Å². The van der Waals surface area contributed by atoms with E-state index in [0.29, 0.717) is 32.0 Å². The summed E-state index contributed by atoms with van der Waals surface area (Å²) in [5.74, 6) is -1.17. The van der Waals surface area contributed by atoms with Crippen molar-refractivity contribution in [3.05, 3.63) is 36.4 Å². The second-order valence-corrected chi connectivity index (χ2v) is 6.46. The Balaban J connectivity index is 2.48. The third-order valence-corrected chi connectivity index (χ3v) is 4.72. The summed E-state index contributed by atoms with van der Waals surface area (Å²) in [7, 11) is -3.83. The number of ether oxygens (including phenoxy) is 1. The molecule has 8 heteroatoms. The molecule has 0 unspecified atom stereocenters. The first-order chi connectivity index (χ1) is 10.5. The first-order valence-corrected chi connectivity index (χ1v) is 8.24. The van der Waals surface area contributed by atoms with Gasteiger partial charge >= 0.3 is 5.97 Å². The summed E-state index contributed by atoms with van der Waals surface area (Å²) in [5, 5.41) is 9.09. The second-order valence-electron chi connectivity index (χ2n) is 4.73. The van der Waals surface area contributed by atoms with E-state index in [1.165, 1.54) is 24.3 Å². The predicted molar refractivity (Wildman–Crippen MR) is 81.8 cm³/mol. The van der Waals surface area contributed by atoms with Gasteiger partial charge in [0.05, 0.1) is 24.5 Å². The lowest BCUT2D eigenvalue weighted by Crippen LogP contribution is -2.38. The van der Waals surface area contributed by atoms with Gasteiger partial charge in [0.1, 0.15) is 4.90 Å². The van der Waals surface area contributed by atoms with Gasteiger partial charge in [0.25, 0.3) is 0 Å². The predicted octanol–water partition coefficient (Wildman–Crippen LogP) is 0.686. The van der Waals surface area contributed by atoms with Gasteiger partial charge in [0.2, 0.25) is 10.0 Å². The Morgan fingerprint density at radius 2 is 2.09 bits per heavy atom. The molecule has 22 heavy (non-hydrogen) atoms. The lowest BCUT2D eigenvalue weighted by atomic mass is 10.2. The van der Waals surface area contributed by atoms with Crippen molar-refractivity contribution in [2.45, 2.75) is 4.90 Å². The van der Waals surface area contributed by atoms with Crippen LogP contribution < -0.4 is 9.62 Å². The Morgan fingerprint density at radius 3 is 2.68 bits per heavy atom. The molecular formula is C14H18N2O5S.